The second-order valence-corrected chi connectivity index (χ2v) is 13.7. The van der Waals surface area contributed by atoms with Crippen LogP contribution in [-0.2, 0) is 11.4 Å². The van der Waals surface area contributed by atoms with Gasteiger partial charge in [-0.2, -0.15) is 5.26 Å². The quantitative estimate of drug-likeness (QED) is 0.172. The fourth-order valence-corrected chi connectivity index (χ4v) is 7.28. The van der Waals surface area contributed by atoms with E-state index in [1.54, 1.807) is 29.9 Å². The highest BCUT2D eigenvalue weighted by Crippen LogP contribution is 2.38. The van der Waals surface area contributed by atoms with Crippen LogP contribution in [0.3, 0.4) is 0 Å². The molecule has 0 bridgehead atoms. The lowest BCUT2D eigenvalue weighted by Gasteiger charge is -2.25. The molecule has 0 unspecified atom stereocenters. The summed E-state index contributed by atoms with van der Waals surface area (Å²) in [7, 11) is 1.56. The summed E-state index contributed by atoms with van der Waals surface area (Å²) >= 11 is 4.89. The van der Waals surface area contributed by atoms with Gasteiger partial charge in [0.2, 0.25) is 0 Å². The van der Waals surface area contributed by atoms with Gasteiger partial charge in [0.05, 0.1) is 45.1 Å². The topological polar surface area (TPSA) is 106 Å². The molecule has 246 valence electrons. The zero-order valence-corrected chi connectivity index (χ0v) is 29.8. The highest BCUT2D eigenvalue weighted by Gasteiger charge is 2.32. The van der Waals surface area contributed by atoms with E-state index in [1.807, 2.05) is 85.8 Å². The summed E-state index contributed by atoms with van der Waals surface area (Å²) in [4.78, 5) is 33.4. The van der Waals surface area contributed by atoms with Gasteiger partial charge in [0.1, 0.15) is 6.61 Å². The van der Waals surface area contributed by atoms with Crippen LogP contribution in [-0.4, -0.2) is 17.6 Å². The van der Waals surface area contributed by atoms with Gasteiger partial charge in [-0.15, -0.1) is 0 Å². The summed E-state index contributed by atoms with van der Waals surface area (Å²) in [5, 5.41) is 12.1. The summed E-state index contributed by atoms with van der Waals surface area (Å²) in [5.74, 6) is 1.02. The van der Waals surface area contributed by atoms with Crippen molar-refractivity contribution in [2.75, 3.05) is 12.4 Å². The SMILES string of the molecule is COc1cc(/C=c2/sc3n(c2=O)[C@H](c2ccc(C(C)C)cc2)C(C(=O)Nc2ccccc2)=C(C)N=3)cc(Br)c1OCc1ccc(C#N)cc1. The van der Waals surface area contributed by atoms with Crippen molar-refractivity contribution in [2.45, 2.75) is 39.3 Å². The number of nitriles is 1. The van der Waals surface area contributed by atoms with Gasteiger partial charge in [-0.3, -0.25) is 14.2 Å². The minimum absolute atomic E-state index is 0.254. The number of carbonyl (C=O) groups excluding carboxylic acids is 1. The van der Waals surface area contributed by atoms with Gasteiger partial charge in [-0.1, -0.05) is 79.8 Å². The number of rotatable bonds is 9. The second-order valence-electron chi connectivity index (χ2n) is 11.9. The predicted molar refractivity (Wildman–Crippen MR) is 196 cm³/mol. The number of amides is 1. The standard InChI is InChI=1S/C39H33BrN4O4S/c1-23(2)28-14-16-29(17-15-28)35-34(37(45)43-30-8-6-5-7-9-30)24(3)42-39-44(35)38(46)33(49-39)20-27-18-31(40)36(32(19-27)47-4)48-22-26-12-10-25(21-41)11-13-26/h5-20,23,35H,22H2,1-4H3,(H,43,45)/b33-20+/t35-/m1/s1. The third-order valence-electron chi connectivity index (χ3n) is 8.23. The smallest absolute Gasteiger partial charge is 0.271 e. The highest BCUT2D eigenvalue weighted by atomic mass is 79.9. The van der Waals surface area contributed by atoms with E-state index in [0.29, 0.717) is 53.7 Å². The lowest BCUT2D eigenvalue weighted by Crippen LogP contribution is -2.40. The number of anilines is 1. The van der Waals surface area contributed by atoms with Gasteiger partial charge in [0, 0.05) is 5.69 Å². The Labute approximate surface area is 296 Å². The lowest BCUT2D eigenvalue weighted by atomic mass is 9.93. The number of thiazole rings is 1. The number of ether oxygens (including phenoxy) is 2. The van der Waals surface area contributed by atoms with Crippen molar-refractivity contribution in [1.82, 2.24) is 4.57 Å². The Morgan fingerprint density at radius 2 is 1.80 bits per heavy atom. The molecular formula is C39H33BrN4O4S. The maximum atomic E-state index is 14.3. The van der Waals surface area contributed by atoms with Gasteiger partial charge in [0.15, 0.2) is 16.3 Å². The number of nitrogens with one attached hydrogen (secondary N) is 1. The molecular weight excluding hydrogens is 700 g/mol. The highest BCUT2D eigenvalue weighted by molar-refractivity contribution is 9.10. The summed E-state index contributed by atoms with van der Waals surface area (Å²) in [6.45, 7) is 6.34. The summed E-state index contributed by atoms with van der Waals surface area (Å²) < 4.78 is 14.5. The summed E-state index contributed by atoms with van der Waals surface area (Å²) in [6.07, 6.45) is 1.80. The molecule has 0 saturated carbocycles. The maximum absolute atomic E-state index is 14.3. The number of hydrogen-bond donors (Lipinski definition) is 1. The summed E-state index contributed by atoms with van der Waals surface area (Å²) in [6, 6.07) is 29.6. The van der Waals surface area contributed by atoms with Crippen molar-refractivity contribution in [3.63, 3.8) is 0 Å². The minimum atomic E-state index is -0.678. The van der Waals surface area contributed by atoms with Crippen LogP contribution in [0, 0.1) is 11.3 Å². The Balaban J connectivity index is 1.39. The first-order valence-corrected chi connectivity index (χ1v) is 17.3. The zero-order valence-electron chi connectivity index (χ0n) is 27.4. The number of allylic oxidation sites excluding steroid dienone is 1. The molecule has 49 heavy (non-hydrogen) atoms. The second kappa shape index (κ2) is 14.5. The number of benzene rings is 4. The number of carbonyl (C=O) groups is 1. The lowest BCUT2D eigenvalue weighted by molar-refractivity contribution is -0.113. The number of methoxy groups -OCH3 is 1. The van der Waals surface area contributed by atoms with E-state index in [4.69, 9.17) is 19.7 Å². The normalized spacial score (nSPS) is 14.2. The van der Waals surface area contributed by atoms with Crippen molar-refractivity contribution in [3.05, 3.63) is 154 Å². The molecule has 1 amide bonds. The number of hydrogen-bond acceptors (Lipinski definition) is 7. The van der Waals surface area contributed by atoms with Gasteiger partial charge in [-0.25, -0.2) is 4.99 Å². The van der Waals surface area contributed by atoms with E-state index in [9.17, 15) is 9.59 Å². The van der Waals surface area contributed by atoms with Crippen LogP contribution in [0.4, 0.5) is 5.69 Å². The molecule has 4 aromatic carbocycles. The Morgan fingerprint density at radius 1 is 1.08 bits per heavy atom. The molecule has 1 aliphatic heterocycles. The number of aromatic nitrogens is 1. The molecule has 0 saturated heterocycles. The monoisotopic (exact) mass is 732 g/mol. The van der Waals surface area contributed by atoms with Gasteiger partial charge < -0.3 is 14.8 Å². The summed E-state index contributed by atoms with van der Waals surface area (Å²) in [5.41, 5.74) is 5.54. The van der Waals surface area contributed by atoms with Crippen molar-refractivity contribution >= 4 is 44.9 Å². The number of halogens is 1. The predicted octanol–water partition coefficient (Wildman–Crippen LogP) is 7.22. The molecule has 1 atom stereocenters. The van der Waals surface area contributed by atoms with Crippen LogP contribution in [0.15, 0.2) is 117 Å². The van der Waals surface area contributed by atoms with Gasteiger partial charge in [0.25, 0.3) is 11.5 Å². The average molecular weight is 734 g/mol. The third kappa shape index (κ3) is 7.14. The number of nitrogens with zero attached hydrogens (tertiary/aromatic N) is 3. The van der Waals surface area contributed by atoms with E-state index >= 15 is 0 Å². The Morgan fingerprint density at radius 3 is 2.45 bits per heavy atom. The Bertz CT molecular complexity index is 2290. The van der Waals surface area contributed by atoms with E-state index < -0.39 is 6.04 Å². The first-order valence-electron chi connectivity index (χ1n) is 15.6. The molecule has 0 radical (unpaired) electrons. The third-order valence-corrected chi connectivity index (χ3v) is 9.80. The van der Waals surface area contributed by atoms with Crippen molar-refractivity contribution < 1.29 is 14.3 Å². The van der Waals surface area contributed by atoms with Gasteiger partial charge in [-0.05, 0) is 93.5 Å². The fraction of sp³-hybridized carbons (Fsp3) is 0.179. The molecule has 0 fully saturated rings. The Kier molecular flexibility index (Phi) is 9.95. The van der Waals surface area contributed by atoms with E-state index in [-0.39, 0.29) is 18.1 Å². The first kappa shape index (κ1) is 33.7. The van der Waals surface area contributed by atoms with E-state index in [2.05, 4.69) is 41.2 Å². The van der Waals surface area contributed by atoms with Gasteiger partial charge >= 0.3 is 0 Å². The molecule has 1 N–H and O–H groups in total. The molecule has 0 aliphatic carbocycles. The molecule has 6 rings (SSSR count). The number of para-hydroxylation sites is 1. The maximum Gasteiger partial charge on any atom is 0.271 e. The Hall–Kier alpha value is -5.24. The average Bonchev–Trinajstić information content (AvgIpc) is 3.40. The van der Waals surface area contributed by atoms with Crippen LogP contribution in [0.1, 0.15) is 60.5 Å². The van der Waals surface area contributed by atoms with E-state index in [0.717, 1.165) is 22.3 Å². The first-order chi connectivity index (χ1) is 23.7. The van der Waals surface area contributed by atoms with Crippen molar-refractivity contribution in [3.8, 4) is 17.6 Å². The van der Waals surface area contributed by atoms with Crippen LogP contribution in [0.25, 0.3) is 6.08 Å². The number of fused-ring (bicyclic) bond motifs is 1. The fourth-order valence-electron chi connectivity index (χ4n) is 5.66. The molecule has 0 spiro atoms. The van der Waals surface area contributed by atoms with E-state index in [1.165, 1.54) is 11.3 Å². The van der Waals surface area contributed by atoms with Crippen LogP contribution in [0.5, 0.6) is 11.5 Å². The van der Waals surface area contributed by atoms with Crippen molar-refractivity contribution in [1.29, 1.82) is 5.26 Å². The molecule has 1 aromatic heterocycles. The van der Waals surface area contributed by atoms with Crippen molar-refractivity contribution in [2.24, 2.45) is 4.99 Å². The molecule has 2 heterocycles. The molecule has 1 aliphatic rings. The molecule has 8 nitrogen and oxygen atoms in total. The van der Waals surface area contributed by atoms with Crippen LogP contribution in [0.2, 0.25) is 0 Å². The van der Waals surface area contributed by atoms with Crippen LogP contribution < -0.4 is 29.7 Å². The molecule has 5 aromatic rings. The zero-order chi connectivity index (χ0) is 34.7. The molecule has 10 heteroatoms. The van der Waals surface area contributed by atoms with Crippen LogP contribution >= 0.6 is 27.3 Å². The minimum Gasteiger partial charge on any atom is -0.493 e. The largest absolute Gasteiger partial charge is 0.493 e.